The monoisotopic (exact) mass is 348 g/mol. The molecule has 3 rings (SSSR count). The van der Waals surface area contributed by atoms with Gasteiger partial charge in [0.15, 0.2) is 0 Å². The Labute approximate surface area is 152 Å². The third kappa shape index (κ3) is 4.75. The maximum Gasteiger partial charge on any atom is 0.126 e. The molecule has 2 bridgehead atoms. The summed E-state index contributed by atoms with van der Waals surface area (Å²) in [5, 5.41) is 10.5. The van der Waals surface area contributed by atoms with Crippen molar-refractivity contribution in [3.8, 4) is 5.75 Å². The van der Waals surface area contributed by atoms with Gasteiger partial charge in [0, 0.05) is 18.3 Å². The quantitative estimate of drug-likeness (QED) is 0.793. The number of aliphatic hydroxyl groups excluding tert-OH is 1. The van der Waals surface area contributed by atoms with Gasteiger partial charge in [0.25, 0.3) is 0 Å². The summed E-state index contributed by atoms with van der Waals surface area (Å²) in [4.78, 5) is 1.57. The zero-order chi connectivity index (χ0) is 18.1. The van der Waals surface area contributed by atoms with Gasteiger partial charge >= 0.3 is 0 Å². The third-order valence-electron chi connectivity index (χ3n) is 5.89. The number of rotatable bonds is 7. The van der Waals surface area contributed by atoms with Crippen molar-refractivity contribution >= 4 is 0 Å². The number of aliphatic hydroxyl groups is 1. The van der Waals surface area contributed by atoms with Crippen LogP contribution in [0, 0.1) is 10.8 Å². The van der Waals surface area contributed by atoms with Gasteiger partial charge in [0.2, 0.25) is 0 Å². The van der Waals surface area contributed by atoms with Gasteiger partial charge in [-0.2, -0.15) is 0 Å². The Balaban J connectivity index is 1.46. The largest absolute Gasteiger partial charge is 0.497 e. The summed E-state index contributed by atoms with van der Waals surface area (Å²) in [6.45, 7) is 10.1. The lowest BCUT2D eigenvalue weighted by molar-refractivity contribution is -0.917. The van der Waals surface area contributed by atoms with Crippen molar-refractivity contribution in [1.29, 1.82) is 0 Å². The standard InChI is InChI=1S/C21H33NO3/c1-20(2)9-17-10-21(3,14-20)15-22(17)11-18(23)13-25-12-16-6-5-7-19(8-16)24-4/h5-8,17-18,23H,9-15H2,1-4H3/p+1/t17-,18-,21-/m0/s1. The maximum absolute atomic E-state index is 10.5. The normalized spacial score (nSPS) is 31.7. The van der Waals surface area contributed by atoms with Crippen molar-refractivity contribution < 1.29 is 19.5 Å². The molecule has 25 heavy (non-hydrogen) atoms. The fraction of sp³-hybridized carbons (Fsp3) is 0.714. The fourth-order valence-electron chi connectivity index (χ4n) is 5.43. The van der Waals surface area contributed by atoms with Crippen molar-refractivity contribution in [2.45, 2.75) is 58.8 Å². The van der Waals surface area contributed by atoms with Gasteiger partial charge in [-0.1, -0.05) is 32.9 Å². The zero-order valence-corrected chi connectivity index (χ0v) is 16.2. The van der Waals surface area contributed by atoms with Gasteiger partial charge in [0.1, 0.15) is 18.4 Å². The number of benzene rings is 1. The van der Waals surface area contributed by atoms with Crippen molar-refractivity contribution in [3.63, 3.8) is 0 Å². The Hall–Kier alpha value is -1.10. The summed E-state index contributed by atoms with van der Waals surface area (Å²) in [6.07, 6.45) is 3.49. The van der Waals surface area contributed by atoms with E-state index in [1.54, 1.807) is 12.0 Å². The third-order valence-corrected chi connectivity index (χ3v) is 5.89. The highest BCUT2D eigenvalue weighted by atomic mass is 16.5. The van der Waals surface area contributed by atoms with Gasteiger partial charge in [-0.05, 0) is 29.5 Å². The first kappa shape index (κ1) is 18.7. The van der Waals surface area contributed by atoms with Crippen molar-refractivity contribution in [1.82, 2.24) is 0 Å². The summed E-state index contributed by atoms with van der Waals surface area (Å²) >= 11 is 0. The average Bonchev–Trinajstić information content (AvgIpc) is 2.75. The van der Waals surface area contributed by atoms with Crippen molar-refractivity contribution in [2.24, 2.45) is 10.8 Å². The molecule has 4 atom stereocenters. The predicted molar refractivity (Wildman–Crippen MR) is 98.9 cm³/mol. The Morgan fingerprint density at radius 1 is 1.28 bits per heavy atom. The number of nitrogens with one attached hydrogen (secondary N) is 1. The van der Waals surface area contributed by atoms with E-state index in [0.717, 1.165) is 17.9 Å². The molecule has 0 radical (unpaired) electrons. The molecule has 4 heteroatoms. The number of likely N-dealkylation sites (tertiary alicyclic amines) is 1. The molecule has 1 aliphatic carbocycles. The van der Waals surface area contributed by atoms with Gasteiger partial charge in [-0.25, -0.2) is 0 Å². The fourth-order valence-corrected chi connectivity index (χ4v) is 5.43. The van der Waals surface area contributed by atoms with Crippen molar-refractivity contribution in [3.05, 3.63) is 29.8 Å². The minimum atomic E-state index is -0.397. The Bertz CT molecular complexity index is 588. The molecule has 2 aliphatic rings. The SMILES string of the molecule is COc1cccc(COC[C@@H](O)C[NH+]2C[C@@]3(C)C[C@@H]2CC(C)(C)C3)c1. The molecule has 1 heterocycles. The Kier molecular flexibility index (Phi) is 5.42. The summed E-state index contributed by atoms with van der Waals surface area (Å²) < 4.78 is 11.0. The van der Waals surface area contributed by atoms with Crippen LogP contribution in [0.4, 0.5) is 0 Å². The van der Waals surface area contributed by atoms with E-state index in [4.69, 9.17) is 9.47 Å². The Morgan fingerprint density at radius 3 is 2.84 bits per heavy atom. The average molecular weight is 349 g/mol. The van der Waals surface area contributed by atoms with Crippen LogP contribution in [0.15, 0.2) is 24.3 Å². The smallest absolute Gasteiger partial charge is 0.126 e. The van der Waals surface area contributed by atoms with Crippen LogP contribution in [-0.2, 0) is 11.3 Å². The van der Waals surface area contributed by atoms with Crippen LogP contribution in [0.3, 0.4) is 0 Å². The lowest BCUT2D eigenvalue weighted by Gasteiger charge is -2.37. The second kappa shape index (κ2) is 7.26. The first-order valence-electron chi connectivity index (χ1n) is 9.52. The molecule has 2 fully saturated rings. The van der Waals surface area contributed by atoms with E-state index < -0.39 is 6.10 Å². The number of quaternary nitrogens is 1. The second-order valence-electron chi connectivity index (χ2n) is 9.32. The highest BCUT2D eigenvalue weighted by molar-refractivity contribution is 5.27. The molecule has 140 valence electrons. The van der Waals surface area contributed by atoms with E-state index in [0.29, 0.717) is 30.1 Å². The van der Waals surface area contributed by atoms with Crippen LogP contribution in [0.2, 0.25) is 0 Å². The molecule has 1 unspecified atom stereocenters. The first-order chi connectivity index (χ1) is 11.8. The molecule has 0 amide bonds. The number of ether oxygens (including phenoxy) is 2. The minimum absolute atomic E-state index is 0.396. The van der Waals surface area contributed by atoms with E-state index in [-0.39, 0.29) is 0 Å². The van der Waals surface area contributed by atoms with Crippen LogP contribution in [-0.4, -0.2) is 44.1 Å². The topological polar surface area (TPSA) is 43.1 Å². The molecular weight excluding hydrogens is 314 g/mol. The highest BCUT2D eigenvalue weighted by Gasteiger charge is 2.52. The van der Waals surface area contributed by atoms with E-state index in [2.05, 4.69) is 20.8 Å². The van der Waals surface area contributed by atoms with Crippen LogP contribution in [0.5, 0.6) is 5.75 Å². The predicted octanol–water partition coefficient (Wildman–Crippen LogP) is 2.06. The lowest BCUT2D eigenvalue weighted by Crippen LogP contribution is -3.15. The summed E-state index contributed by atoms with van der Waals surface area (Å²) in [7, 11) is 1.67. The molecule has 4 nitrogen and oxygen atoms in total. The van der Waals surface area contributed by atoms with Gasteiger partial charge in [-0.3, -0.25) is 0 Å². The Morgan fingerprint density at radius 2 is 2.08 bits per heavy atom. The molecule has 2 N–H and O–H groups in total. The summed E-state index contributed by atoms with van der Waals surface area (Å²) in [5.74, 6) is 0.839. The maximum atomic E-state index is 10.5. The molecule has 0 spiro atoms. The zero-order valence-electron chi connectivity index (χ0n) is 16.2. The van der Waals surface area contributed by atoms with Gasteiger partial charge in [0.05, 0.1) is 32.9 Å². The molecule has 1 saturated carbocycles. The number of hydrogen-bond acceptors (Lipinski definition) is 3. The minimum Gasteiger partial charge on any atom is -0.497 e. The van der Waals surface area contributed by atoms with Gasteiger partial charge in [-0.15, -0.1) is 0 Å². The lowest BCUT2D eigenvalue weighted by atomic mass is 9.65. The molecule has 1 aliphatic heterocycles. The van der Waals surface area contributed by atoms with Gasteiger partial charge < -0.3 is 19.5 Å². The van der Waals surface area contributed by atoms with Crippen LogP contribution in [0.25, 0.3) is 0 Å². The molecule has 1 saturated heterocycles. The summed E-state index contributed by atoms with van der Waals surface area (Å²) in [6, 6.07) is 8.58. The highest BCUT2D eigenvalue weighted by Crippen LogP contribution is 2.47. The summed E-state index contributed by atoms with van der Waals surface area (Å²) in [5.41, 5.74) is 1.96. The van der Waals surface area contributed by atoms with E-state index >= 15 is 0 Å². The van der Waals surface area contributed by atoms with E-state index in [1.807, 2.05) is 24.3 Å². The van der Waals surface area contributed by atoms with E-state index in [1.165, 1.54) is 25.8 Å². The second-order valence-corrected chi connectivity index (χ2v) is 9.32. The molecular formula is C21H34NO3+. The molecule has 1 aromatic rings. The molecule has 1 aromatic carbocycles. The number of hydrogen-bond donors (Lipinski definition) is 2. The van der Waals surface area contributed by atoms with Crippen LogP contribution >= 0.6 is 0 Å². The van der Waals surface area contributed by atoms with E-state index in [9.17, 15) is 5.11 Å². The van der Waals surface area contributed by atoms with Crippen molar-refractivity contribution in [2.75, 3.05) is 26.8 Å². The first-order valence-corrected chi connectivity index (χ1v) is 9.52. The van der Waals surface area contributed by atoms with Crippen LogP contribution in [0.1, 0.15) is 45.6 Å². The number of fused-ring (bicyclic) bond motifs is 2. The molecule has 0 aromatic heterocycles. The van der Waals surface area contributed by atoms with Crippen LogP contribution < -0.4 is 9.64 Å². The number of methoxy groups -OCH3 is 1.